The average Bonchev–Trinajstić information content (AvgIpc) is 2.45. The molecule has 0 radical (unpaired) electrons. The highest BCUT2D eigenvalue weighted by Gasteiger charge is 2.51. The number of hydrogen-bond acceptors (Lipinski definition) is 0. The second kappa shape index (κ2) is 7.25. The summed E-state index contributed by atoms with van der Waals surface area (Å²) in [5, 5.41) is 0. The summed E-state index contributed by atoms with van der Waals surface area (Å²) in [6.45, 7) is 29.0. The van der Waals surface area contributed by atoms with Crippen LogP contribution in [0.15, 0.2) is 0 Å². The van der Waals surface area contributed by atoms with E-state index in [9.17, 15) is 0 Å². The van der Waals surface area contributed by atoms with E-state index in [1.807, 2.05) is 0 Å². The first-order valence-electron chi connectivity index (χ1n) is 12.2. The first-order valence-corrected chi connectivity index (χ1v) is 12.2. The molecule has 2 aliphatic rings. The van der Waals surface area contributed by atoms with Crippen molar-refractivity contribution in [3.05, 3.63) is 45.2 Å². The molecule has 3 rings (SSSR count). The predicted octanol–water partition coefficient (Wildman–Crippen LogP) is 8.77. The summed E-state index contributed by atoms with van der Waals surface area (Å²) < 4.78 is 0. The van der Waals surface area contributed by atoms with Crippen molar-refractivity contribution in [1.29, 1.82) is 0 Å². The molecule has 1 aromatic rings. The Kier molecular flexibility index (Phi) is 5.70. The number of benzene rings is 1. The zero-order chi connectivity index (χ0) is 22.9. The number of rotatable bonds is 8. The van der Waals surface area contributed by atoms with Gasteiger partial charge in [0.05, 0.1) is 52.4 Å². The van der Waals surface area contributed by atoms with E-state index in [-0.39, 0.29) is 0 Å². The Balaban J connectivity index is 1.91. The largest absolute Gasteiger partial charge is 0.0945 e. The SMILES string of the molecule is Cc1c2c(c(C)c3c1C(C)(CC(C)(C)C[C+](C)C)C3)C(C)(CC(C)(C)C[C+](C)C)C2. The second-order valence-corrected chi connectivity index (χ2v) is 13.9. The van der Waals surface area contributed by atoms with E-state index in [4.69, 9.17) is 0 Å². The van der Waals surface area contributed by atoms with Gasteiger partial charge in [0.25, 0.3) is 0 Å². The molecule has 0 N–H and O–H groups in total. The summed E-state index contributed by atoms with van der Waals surface area (Å²) in [5.41, 5.74) is 11.6. The highest BCUT2D eigenvalue weighted by Crippen LogP contribution is 2.59. The van der Waals surface area contributed by atoms with Gasteiger partial charge in [-0.15, -0.1) is 0 Å². The van der Waals surface area contributed by atoms with Crippen LogP contribution < -0.4 is 0 Å². The molecule has 2 unspecified atom stereocenters. The molecular weight excluding hydrogens is 360 g/mol. The van der Waals surface area contributed by atoms with Crippen molar-refractivity contribution in [3.8, 4) is 0 Å². The van der Waals surface area contributed by atoms with Crippen LogP contribution in [0, 0.1) is 36.5 Å². The van der Waals surface area contributed by atoms with Gasteiger partial charge in [-0.3, -0.25) is 0 Å². The first-order chi connectivity index (χ1) is 13.5. The summed E-state index contributed by atoms with van der Waals surface area (Å²) in [5.74, 6) is 3.12. The lowest BCUT2D eigenvalue weighted by Gasteiger charge is -2.54. The highest BCUT2D eigenvalue weighted by molar-refractivity contribution is 5.65. The molecule has 0 fully saturated rings. The molecule has 0 aliphatic heterocycles. The Bertz CT molecular complexity index is 733. The third-order valence-electron chi connectivity index (χ3n) is 8.00. The van der Waals surface area contributed by atoms with E-state index in [0.717, 1.165) is 0 Å². The van der Waals surface area contributed by atoms with Crippen LogP contribution in [0.25, 0.3) is 0 Å². The third-order valence-corrected chi connectivity index (χ3v) is 8.00. The molecule has 0 saturated heterocycles. The Labute approximate surface area is 188 Å². The van der Waals surface area contributed by atoms with Crippen LogP contribution in [0.1, 0.15) is 128 Å². The molecule has 0 heterocycles. The van der Waals surface area contributed by atoms with Gasteiger partial charge in [-0.25, -0.2) is 0 Å². The lowest BCUT2D eigenvalue weighted by atomic mass is 9.50. The van der Waals surface area contributed by atoms with E-state index in [1.54, 1.807) is 45.2 Å². The van der Waals surface area contributed by atoms with Crippen LogP contribution in [0.2, 0.25) is 0 Å². The fraction of sp³-hybridized carbons (Fsp3) is 0.733. The van der Waals surface area contributed by atoms with Crippen LogP contribution in [0.3, 0.4) is 0 Å². The van der Waals surface area contributed by atoms with Gasteiger partial charge in [0.1, 0.15) is 0 Å². The maximum atomic E-state index is 2.54. The monoisotopic (exact) mass is 408 g/mol. The third kappa shape index (κ3) is 4.05. The minimum atomic E-state index is 0.359. The summed E-state index contributed by atoms with van der Waals surface area (Å²) >= 11 is 0. The van der Waals surface area contributed by atoms with E-state index in [1.165, 1.54) is 38.5 Å². The topological polar surface area (TPSA) is 0 Å². The highest BCUT2D eigenvalue weighted by atomic mass is 14.5. The lowest BCUT2D eigenvalue weighted by molar-refractivity contribution is 0.200. The van der Waals surface area contributed by atoms with Crippen LogP contribution in [0.4, 0.5) is 0 Å². The molecule has 2 aliphatic carbocycles. The Hall–Kier alpha value is -1.04. The standard InChI is InChI=1S/C30H48/c1-19(2)13-27(7,8)17-29(11)15-23-22(6)26-24(21(5)25(23)29)16-30(26,12)18-28(9,10)14-20(3)4/h13-18H2,1-12H3/q+2. The normalized spacial score (nSPS) is 25.2. The molecule has 0 spiro atoms. The molecule has 0 saturated carbocycles. The fourth-order valence-corrected chi connectivity index (χ4v) is 8.40. The van der Waals surface area contributed by atoms with Crippen LogP contribution in [-0.4, -0.2) is 0 Å². The van der Waals surface area contributed by atoms with E-state index >= 15 is 0 Å². The van der Waals surface area contributed by atoms with Crippen LogP contribution in [-0.2, 0) is 23.7 Å². The summed E-state index contributed by atoms with van der Waals surface area (Å²) in [6.07, 6.45) is 7.62. The zero-order valence-corrected chi connectivity index (χ0v) is 22.2. The van der Waals surface area contributed by atoms with Crippen LogP contribution >= 0.6 is 0 Å². The molecule has 0 aromatic heterocycles. The minimum absolute atomic E-state index is 0.359. The van der Waals surface area contributed by atoms with Crippen LogP contribution in [0.5, 0.6) is 0 Å². The van der Waals surface area contributed by atoms with Crippen molar-refractivity contribution in [1.82, 2.24) is 0 Å². The second-order valence-electron chi connectivity index (χ2n) is 13.9. The fourth-order valence-electron chi connectivity index (χ4n) is 8.40. The minimum Gasteiger partial charge on any atom is -0.0558 e. The Morgan fingerprint density at radius 3 is 1.23 bits per heavy atom. The van der Waals surface area contributed by atoms with Gasteiger partial charge < -0.3 is 0 Å². The van der Waals surface area contributed by atoms with Crippen molar-refractivity contribution < 1.29 is 0 Å². The van der Waals surface area contributed by atoms with Gasteiger partial charge in [0.2, 0.25) is 0 Å². The molecule has 0 amide bonds. The summed E-state index contributed by atoms with van der Waals surface area (Å²) in [4.78, 5) is 0. The smallest absolute Gasteiger partial charge is 0.0558 e. The van der Waals surface area contributed by atoms with Crippen molar-refractivity contribution in [2.24, 2.45) is 10.8 Å². The Morgan fingerprint density at radius 1 is 0.667 bits per heavy atom. The summed E-state index contributed by atoms with van der Waals surface area (Å²) in [6, 6.07) is 0. The number of hydrogen-bond donors (Lipinski definition) is 0. The molecule has 0 heteroatoms. The lowest BCUT2D eigenvalue weighted by Crippen LogP contribution is -2.47. The predicted molar refractivity (Wildman–Crippen MR) is 133 cm³/mol. The Morgan fingerprint density at radius 2 is 0.967 bits per heavy atom. The van der Waals surface area contributed by atoms with Crippen molar-refractivity contribution >= 4 is 0 Å². The molecule has 0 bridgehead atoms. The maximum Gasteiger partial charge on any atom is 0.0945 e. The van der Waals surface area contributed by atoms with Gasteiger partial charge in [-0.05, 0) is 83.7 Å². The molecule has 166 valence electrons. The van der Waals surface area contributed by atoms with Gasteiger partial charge >= 0.3 is 0 Å². The van der Waals surface area contributed by atoms with E-state index < -0.39 is 0 Å². The van der Waals surface area contributed by atoms with Gasteiger partial charge in [0.15, 0.2) is 0 Å². The zero-order valence-electron chi connectivity index (χ0n) is 22.2. The van der Waals surface area contributed by atoms with Gasteiger partial charge in [0, 0.05) is 10.8 Å². The van der Waals surface area contributed by atoms with Crippen molar-refractivity contribution in [2.75, 3.05) is 0 Å². The van der Waals surface area contributed by atoms with Crippen molar-refractivity contribution in [3.63, 3.8) is 0 Å². The quantitative estimate of drug-likeness (QED) is 0.377. The van der Waals surface area contributed by atoms with Gasteiger partial charge in [-0.2, -0.15) is 0 Å². The van der Waals surface area contributed by atoms with Crippen molar-refractivity contribution in [2.45, 2.75) is 132 Å². The molecular formula is C30H48+2. The molecule has 1 aromatic carbocycles. The molecule has 0 nitrogen and oxygen atoms in total. The maximum absolute atomic E-state index is 2.54. The van der Waals surface area contributed by atoms with Gasteiger partial charge in [-0.1, -0.05) is 41.5 Å². The summed E-state index contributed by atoms with van der Waals surface area (Å²) in [7, 11) is 0. The van der Waals surface area contributed by atoms with E-state index in [2.05, 4.69) is 83.1 Å². The number of fused-ring (bicyclic) bond motifs is 2. The molecule has 30 heavy (non-hydrogen) atoms. The first kappa shape index (κ1) is 23.6. The molecule has 2 atom stereocenters. The van der Waals surface area contributed by atoms with E-state index in [0.29, 0.717) is 21.7 Å². The average molecular weight is 409 g/mol.